The Balaban J connectivity index is 2.60. The topological polar surface area (TPSA) is 40.5 Å². The number of thioether (sulfide) groups is 1. The van der Waals surface area contributed by atoms with Crippen molar-refractivity contribution in [2.75, 3.05) is 0 Å². The summed E-state index contributed by atoms with van der Waals surface area (Å²) in [6.07, 6.45) is 1.71. The normalized spacial score (nSPS) is 13.0. The molecule has 0 heterocycles. The van der Waals surface area contributed by atoms with E-state index in [1.807, 2.05) is 18.2 Å². The van der Waals surface area contributed by atoms with Gasteiger partial charge in [0.25, 0.3) is 0 Å². The summed E-state index contributed by atoms with van der Waals surface area (Å²) >= 11 is 1.67. The third kappa shape index (κ3) is 4.68. The number of phenols is 2. The Morgan fingerprint density at radius 2 is 1.18 bits per heavy atom. The van der Waals surface area contributed by atoms with Crippen LogP contribution in [0.5, 0.6) is 11.5 Å². The molecule has 154 valence electrons. The van der Waals surface area contributed by atoms with Gasteiger partial charge in [-0.05, 0) is 53.0 Å². The highest BCUT2D eigenvalue weighted by atomic mass is 32.2. The van der Waals surface area contributed by atoms with Crippen LogP contribution in [0.4, 0.5) is 0 Å². The van der Waals surface area contributed by atoms with Crippen molar-refractivity contribution in [3.8, 4) is 11.5 Å². The van der Waals surface area contributed by atoms with Gasteiger partial charge in [0, 0.05) is 10.3 Å². The van der Waals surface area contributed by atoms with Crippen molar-refractivity contribution in [2.45, 2.75) is 88.7 Å². The first kappa shape index (κ1) is 22.7. The van der Waals surface area contributed by atoms with Gasteiger partial charge in [-0.25, -0.2) is 0 Å². The van der Waals surface area contributed by atoms with E-state index < -0.39 is 0 Å². The predicted molar refractivity (Wildman–Crippen MR) is 122 cm³/mol. The summed E-state index contributed by atoms with van der Waals surface area (Å²) in [5, 5.41) is 21.3. The van der Waals surface area contributed by atoms with Gasteiger partial charge >= 0.3 is 0 Å². The number of hydrogen-bond acceptors (Lipinski definition) is 3. The Hall–Kier alpha value is -1.61. The maximum absolute atomic E-state index is 10.8. The third-order valence-corrected chi connectivity index (χ3v) is 7.36. The van der Waals surface area contributed by atoms with Crippen molar-refractivity contribution in [3.05, 3.63) is 53.1 Å². The van der Waals surface area contributed by atoms with E-state index in [-0.39, 0.29) is 15.6 Å². The van der Waals surface area contributed by atoms with Crippen LogP contribution in [0.15, 0.2) is 41.3 Å². The van der Waals surface area contributed by atoms with E-state index in [1.54, 1.807) is 17.8 Å². The molecule has 0 aliphatic rings. The van der Waals surface area contributed by atoms with Gasteiger partial charge in [0.05, 0.1) is 4.90 Å². The van der Waals surface area contributed by atoms with Crippen LogP contribution in [0.2, 0.25) is 0 Å². The van der Waals surface area contributed by atoms with E-state index in [1.165, 1.54) is 11.1 Å². The zero-order valence-electron chi connectivity index (χ0n) is 18.7. The monoisotopic (exact) mass is 400 g/mol. The highest BCUT2D eigenvalue weighted by molar-refractivity contribution is 8.00. The highest BCUT2D eigenvalue weighted by Crippen LogP contribution is 2.52. The van der Waals surface area contributed by atoms with Gasteiger partial charge in [-0.3, -0.25) is 0 Å². The van der Waals surface area contributed by atoms with Crippen molar-refractivity contribution in [2.24, 2.45) is 0 Å². The average Bonchev–Trinajstić information content (AvgIpc) is 2.60. The van der Waals surface area contributed by atoms with Gasteiger partial charge in [0.15, 0.2) is 0 Å². The maximum Gasteiger partial charge on any atom is 0.129 e. The van der Waals surface area contributed by atoms with Crippen LogP contribution in [-0.2, 0) is 15.6 Å². The number of rotatable bonds is 5. The van der Waals surface area contributed by atoms with Crippen LogP contribution in [-0.4, -0.2) is 10.2 Å². The fourth-order valence-corrected chi connectivity index (χ4v) is 4.81. The summed E-state index contributed by atoms with van der Waals surface area (Å²) in [4.78, 5) is 0.872. The minimum Gasteiger partial charge on any atom is -0.508 e. The Morgan fingerprint density at radius 3 is 1.64 bits per heavy atom. The van der Waals surface area contributed by atoms with Crippen molar-refractivity contribution in [3.63, 3.8) is 0 Å². The standard InChI is InChI=1S/C25H36O2S/c1-9-25(10-2,19-15-17(23(3,4)5)11-13-20(19)26)28-22-16-18(24(6,7)8)12-14-21(22)27/h11-16,26-27H,9-10H2,1-8H3. The molecule has 2 nitrogen and oxygen atoms in total. The Kier molecular flexibility index (Phi) is 6.50. The molecule has 0 amide bonds. The smallest absolute Gasteiger partial charge is 0.129 e. The zero-order chi connectivity index (χ0) is 21.3. The Bertz CT molecular complexity index is 821. The van der Waals surface area contributed by atoms with Crippen LogP contribution in [0.1, 0.15) is 84.9 Å². The first-order valence-electron chi connectivity index (χ1n) is 10.2. The van der Waals surface area contributed by atoms with E-state index in [9.17, 15) is 10.2 Å². The van der Waals surface area contributed by atoms with Crippen molar-refractivity contribution < 1.29 is 10.2 Å². The molecule has 28 heavy (non-hydrogen) atoms. The fourth-order valence-electron chi connectivity index (χ4n) is 3.47. The predicted octanol–water partition coefficient (Wildman–Crippen LogP) is 7.50. The Morgan fingerprint density at radius 1 is 0.714 bits per heavy atom. The molecule has 0 radical (unpaired) electrons. The van der Waals surface area contributed by atoms with Gasteiger partial charge in [0.2, 0.25) is 0 Å². The van der Waals surface area contributed by atoms with Gasteiger partial charge in [0.1, 0.15) is 11.5 Å². The molecule has 0 saturated heterocycles. The highest BCUT2D eigenvalue weighted by Gasteiger charge is 2.34. The van der Waals surface area contributed by atoms with Crippen molar-refractivity contribution >= 4 is 11.8 Å². The number of benzene rings is 2. The third-order valence-electron chi connectivity index (χ3n) is 5.63. The van der Waals surface area contributed by atoms with Gasteiger partial charge < -0.3 is 10.2 Å². The molecular formula is C25H36O2S. The van der Waals surface area contributed by atoms with Crippen molar-refractivity contribution in [1.82, 2.24) is 0 Å². The van der Waals surface area contributed by atoms with Gasteiger partial charge in [-0.2, -0.15) is 0 Å². The molecule has 0 bridgehead atoms. The number of phenolic OH excluding ortho intramolecular Hbond substituents is 2. The lowest BCUT2D eigenvalue weighted by atomic mass is 9.83. The van der Waals surface area contributed by atoms with E-state index in [4.69, 9.17) is 0 Å². The summed E-state index contributed by atoms with van der Waals surface area (Å²) in [5.41, 5.74) is 3.38. The second kappa shape index (κ2) is 8.02. The molecule has 0 spiro atoms. The molecule has 0 fully saturated rings. The SMILES string of the molecule is CCC(CC)(Sc1cc(C(C)(C)C)ccc1O)c1cc(C(C)(C)C)ccc1O. The van der Waals surface area contributed by atoms with Crippen LogP contribution >= 0.6 is 11.8 Å². The van der Waals surface area contributed by atoms with Crippen LogP contribution in [0.3, 0.4) is 0 Å². The summed E-state index contributed by atoms with van der Waals surface area (Å²) in [7, 11) is 0. The molecule has 2 rings (SSSR count). The second-order valence-corrected chi connectivity index (χ2v) is 11.1. The Labute approximate surface area is 175 Å². The molecule has 0 aliphatic heterocycles. The zero-order valence-corrected chi connectivity index (χ0v) is 19.5. The summed E-state index contributed by atoms with van der Waals surface area (Å²) in [5.74, 6) is 0.631. The molecule has 0 atom stereocenters. The quantitative estimate of drug-likeness (QED) is 0.510. The summed E-state index contributed by atoms with van der Waals surface area (Å²) < 4.78 is -0.306. The lowest BCUT2D eigenvalue weighted by molar-refractivity contribution is 0.444. The first-order chi connectivity index (χ1) is 12.8. The molecular weight excluding hydrogens is 364 g/mol. The molecule has 0 unspecified atom stereocenters. The van der Waals surface area contributed by atoms with Crippen LogP contribution in [0, 0.1) is 0 Å². The van der Waals surface area contributed by atoms with E-state index in [0.29, 0.717) is 11.5 Å². The number of hydrogen-bond donors (Lipinski definition) is 2. The van der Waals surface area contributed by atoms with E-state index in [0.717, 1.165) is 23.3 Å². The number of aromatic hydroxyl groups is 2. The minimum absolute atomic E-state index is 0.00856. The first-order valence-corrected chi connectivity index (χ1v) is 11.0. The van der Waals surface area contributed by atoms with Gasteiger partial charge in [-0.15, -0.1) is 11.8 Å². The molecule has 0 saturated carbocycles. The summed E-state index contributed by atoms with van der Waals surface area (Å²) in [6, 6.07) is 11.9. The van der Waals surface area contributed by atoms with Gasteiger partial charge in [-0.1, -0.05) is 73.6 Å². The molecule has 2 N–H and O–H groups in total. The van der Waals surface area contributed by atoms with Crippen LogP contribution in [0.25, 0.3) is 0 Å². The molecule has 0 aromatic heterocycles. The van der Waals surface area contributed by atoms with Crippen LogP contribution < -0.4 is 0 Å². The van der Waals surface area contributed by atoms with Crippen molar-refractivity contribution in [1.29, 1.82) is 0 Å². The largest absolute Gasteiger partial charge is 0.508 e. The lowest BCUT2D eigenvalue weighted by Crippen LogP contribution is -2.22. The minimum atomic E-state index is -0.306. The molecule has 2 aromatic carbocycles. The summed E-state index contributed by atoms with van der Waals surface area (Å²) in [6.45, 7) is 17.4. The van der Waals surface area contributed by atoms with E-state index >= 15 is 0 Å². The molecule has 0 aliphatic carbocycles. The molecule has 3 heteroatoms. The second-order valence-electron chi connectivity index (χ2n) is 9.72. The van der Waals surface area contributed by atoms with E-state index in [2.05, 4.69) is 67.5 Å². The average molecular weight is 401 g/mol. The molecule has 2 aromatic rings. The fraction of sp³-hybridized carbons (Fsp3) is 0.520. The maximum atomic E-state index is 10.8. The lowest BCUT2D eigenvalue weighted by Gasteiger charge is -2.34.